The maximum absolute atomic E-state index is 13.9. The minimum absolute atomic E-state index is 0.0146. The van der Waals surface area contributed by atoms with Gasteiger partial charge < -0.3 is 10.3 Å². The fourth-order valence-corrected chi connectivity index (χ4v) is 5.13. The standard InChI is InChI=1S/C27H28FN5O/c1-16(26-31-24-6-2-18(14-25(24)32-26)27(34)30-20-4-5-20)33-12-9-17(10-13-33)21-8-11-29-23-7-3-19(28)15-22(21)23/h2-3,6-8,11,14-17,20H,4-5,9-10,12-13H2,1H3,(H,30,34)(H,31,32). The minimum Gasteiger partial charge on any atom is -0.349 e. The molecule has 1 amide bonds. The number of imidazole rings is 1. The monoisotopic (exact) mass is 457 g/mol. The van der Waals surface area contributed by atoms with Crippen molar-refractivity contribution in [2.75, 3.05) is 13.1 Å². The maximum Gasteiger partial charge on any atom is 0.251 e. The molecule has 4 aromatic rings. The van der Waals surface area contributed by atoms with Crippen molar-refractivity contribution in [3.8, 4) is 0 Å². The van der Waals surface area contributed by atoms with E-state index in [-0.39, 0.29) is 17.8 Å². The summed E-state index contributed by atoms with van der Waals surface area (Å²) in [6, 6.07) is 13.0. The third-order valence-corrected chi connectivity index (χ3v) is 7.33. The van der Waals surface area contributed by atoms with Gasteiger partial charge in [-0.3, -0.25) is 14.7 Å². The molecule has 6 nitrogen and oxygen atoms in total. The van der Waals surface area contributed by atoms with Gasteiger partial charge in [-0.1, -0.05) is 0 Å². The summed E-state index contributed by atoms with van der Waals surface area (Å²) < 4.78 is 13.9. The molecule has 2 aliphatic rings. The van der Waals surface area contributed by atoms with Crippen LogP contribution in [-0.2, 0) is 0 Å². The number of aromatic nitrogens is 3. The SMILES string of the molecule is CC(c1nc2ccc(C(=O)NC3CC3)cc2[nH]1)N1CCC(c2ccnc3ccc(F)cc23)CC1. The molecule has 0 bridgehead atoms. The number of nitrogens with zero attached hydrogens (tertiary/aromatic N) is 3. The molecule has 1 aliphatic carbocycles. The summed E-state index contributed by atoms with van der Waals surface area (Å²) in [6.45, 7) is 4.06. The van der Waals surface area contributed by atoms with E-state index >= 15 is 0 Å². The second kappa shape index (κ2) is 8.47. The summed E-state index contributed by atoms with van der Waals surface area (Å²) in [6.07, 6.45) is 5.99. The molecule has 2 fully saturated rings. The van der Waals surface area contributed by atoms with Crippen LogP contribution in [0.1, 0.15) is 66.3 Å². The average molecular weight is 458 g/mol. The Balaban J connectivity index is 1.16. The number of piperidine rings is 1. The van der Waals surface area contributed by atoms with Gasteiger partial charge in [0, 0.05) is 23.2 Å². The van der Waals surface area contributed by atoms with E-state index in [1.54, 1.807) is 12.1 Å². The van der Waals surface area contributed by atoms with Gasteiger partial charge in [-0.15, -0.1) is 0 Å². The molecule has 3 heterocycles. The van der Waals surface area contributed by atoms with E-state index in [2.05, 4.69) is 27.1 Å². The first kappa shape index (κ1) is 21.2. The van der Waals surface area contributed by atoms with E-state index in [1.165, 1.54) is 11.6 Å². The van der Waals surface area contributed by atoms with Crippen LogP contribution >= 0.6 is 0 Å². The zero-order valence-electron chi connectivity index (χ0n) is 19.2. The number of fused-ring (bicyclic) bond motifs is 2. The first-order valence-corrected chi connectivity index (χ1v) is 12.1. The van der Waals surface area contributed by atoms with Crippen LogP contribution in [0.2, 0.25) is 0 Å². The van der Waals surface area contributed by atoms with Crippen molar-refractivity contribution in [1.82, 2.24) is 25.2 Å². The van der Waals surface area contributed by atoms with E-state index in [4.69, 9.17) is 4.98 Å². The largest absolute Gasteiger partial charge is 0.349 e. The van der Waals surface area contributed by atoms with Gasteiger partial charge in [0.25, 0.3) is 5.91 Å². The topological polar surface area (TPSA) is 73.9 Å². The van der Waals surface area contributed by atoms with Crippen molar-refractivity contribution in [2.24, 2.45) is 0 Å². The predicted octanol–water partition coefficient (Wildman–Crippen LogP) is 5.08. The van der Waals surface area contributed by atoms with Crippen LogP contribution in [0, 0.1) is 5.82 Å². The van der Waals surface area contributed by atoms with Crippen LogP contribution in [0.3, 0.4) is 0 Å². The molecule has 2 N–H and O–H groups in total. The zero-order chi connectivity index (χ0) is 23.2. The fourth-order valence-electron chi connectivity index (χ4n) is 5.13. The summed E-state index contributed by atoms with van der Waals surface area (Å²) in [4.78, 5) is 27.5. The quantitative estimate of drug-likeness (QED) is 0.438. The third-order valence-electron chi connectivity index (χ3n) is 7.33. The highest BCUT2D eigenvalue weighted by molar-refractivity contribution is 5.97. The Bertz CT molecular complexity index is 1370. The van der Waals surface area contributed by atoms with Crippen molar-refractivity contribution < 1.29 is 9.18 Å². The van der Waals surface area contributed by atoms with Gasteiger partial charge in [0.05, 0.1) is 22.6 Å². The number of pyridine rings is 1. The Morgan fingerprint density at radius 3 is 2.68 bits per heavy atom. The number of H-pyrrole nitrogens is 1. The molecule has 6 rings (SSSR count). The summed E-state index contributed by atoms with van der Waals surface area (Å²) in [5.41, 5.74) is 4.49. The molecule has 34 heavy (non-hydrogen) atoms. The Labute approximate surface area is 197 Å². The van der Waals surface area contributed by atoms with E-state index in [0.717, 1.165) is 66.5 Å². The highest BCUT2D eigenvalue weighted by atomic mass is 19.1. The number of rotatable bonds is 5. The number of amides is 1. The van der Waals surface area contributed by atoms with Crippen LogP contribution in [0.25, 0.3) is 21.9 Å². The minimum atomic E-state index is -0.217. The predicted molar refractivity (Wildman–Crippen MR) is 130 cm³/mol. The van der Waals surface area contributed by atoms with Crippen LogP contribution in [-0.4, -0.2) is 44.9 Å². The molecule has 2 aromatic carbocycles. The molecule has 174 valence electrons. The van der Waals surface area contributed by atoms with Crippen molar-refractivity contribution in [3.63, 3.8) is 0 Å². The molecule has 1 saturated heterocycles. The Hall–Kier alpha value is -3.32. The van der Waals surface area contributed by atoms with Gasteiger partial charge in [-0.05, 0) is 99.6 Å². The summed E-state index contributed by atoms with van der Waals surface area (Å²) >= 11 is 0. The Morgan fingerprint density at radius 2 is 1.88 bits per heavy atom. The number of benzene rings is 2. The second-order valence-electron chi connectivity index (χ2n) is 9.65. The smallest absolute Gasteiger partial charge is 0.251 e. The zero-order valence-corrected chi connectivity index (χ0v) is 19.2. The number of carbonyl (C=O) groups is 1. The lowest BCUT2D eigenvalue weighted by atomic mass is 9.87. The van der Waals surface area contributed by atoms with Crippen molar-refractivity contribution in [2.45, 2.75) is 50.6 Å². The average Bonchev–Trinajstić information content (AvgIpc) is 3.57. The number of hydrogen-bond donors (Lipinski definition) is 2. The van der Waals surface area contributed by atoms with Crippen LogP contribution in [0.5, 0.6) is 0 Å². The first-order chi connectivity index (χ1) is 16.5. The maximum atomic E-state index is 13.9. The van der Waals surface area contributed by atoms with Gasteiger partial charge in [0.1, 0.15) is 11.6 Å². The molecule has 0 radical (unpaired) electrons. The highest BCUT2D eigenvalue weighted by Crippen LogP contribution is 2.35. The van der Waals surface area contributed by atoms with E-state index < -0.39 is 0 Å². The van der Waals surface area contributed by atoms with Gasteiger partial charge in [0.2, 0.25) is 0 Å². The number of aromatic amines is 1. The fraction of sp³-hybridized carbons (Fsp3) is 0.370. The number of likely N-dealkylation sites (tertiary alicyclic amines) is 1. The van der Waals surface area contributed by atoms with Gasteiger partial charge in [0.15, 0.2) is 0 Å². The van der Waals surface area contributed by atoms with Gasteiger partial charge >= 0.3 is 0 Å². The summed E-state index contributed by atoms with van der Waals surface area (Å²) in [5.74, 6) is 1.08. The van der Waals surface area contributed by atoms with E-state index in [0.29, 0.717) is 17.5 Å². The summed E-state index contributed by atoms with van der Waals surface area (Å²) in [5, 5.41) is 3.97. The van der Waals surface area contributed by atoms with E-state index in [9.17, 15) is 9.18 Å². The Kier molecular flexibility index (Phi) is 5.29. The molecular weight excluding hydrogens is 429 g/mol. The number of carbonyl (C=O) groups excluding carboxylic acids is 1. The highest BCUT2D eigenvalue weighted by Gasteiger charge is 2.27. The van der Waals surface area contributed by atoms with E-state index in [1.807, 2.05) is 30.5 Å². The van der Waals surface area contributed by atoms with Crippen LogP contribution < -0.4 is 5.32 Å². The summed E-state index contributed by atoms with van der Waals surface area (Å²) in [7, 11) is 0. The lowest BCUT2D eigenvalue weighted by molar-refractivity contribution is 0.0951. The lowest BCUT2D eigenvalue weighted by Crippen LogP contribution is -2.35. The van der Waals surface area contributed by atoms with Gasteiger partial charge in [-0.2, -0.15) is 0 Å². The lowest BCUT2D eigenvalue weighted by Gasteiger charge is -2.35. The van der Waals surface area contributed by atoms with Crippen molar-refractivity contribution in [1.29, 1.82) is 0 Å². The van der Waals surface area contributed by atoms with Gasteiger partial charge in [-0.25, -0.2) is 9.37 Å². The van der Waals surface area contributed by atoms with Crippen molar-refractivity contribution in [3.05, 3.63) is 71.4 Å². The molecule has 1 saturated carbocycles. The molecule has 7 heteroatoms. The molecule has 1 unspecified atom stereocenters. The van der Waals surface area contributed by atoms with Crippen molar-refractivity contribution >= 4 is 27.8 Å². The Morgan fingerprint density at radius 1 is 1.09 bits per heavy atom. The molecular formula is C27H28FN5O. The number of nitrogens with one attached hydrogen (secondary N) is 2. The molecule has 1 aliphatic heterocycles. The second-order valence-corrected chi connectivity index (χ2v) is 9.65. The molecule has 0 spiro atoms. The van der Waals surface area contributed by atoms with Crippen LogP contribution in [0.15, 0.2) is 48.7 Å². The third kappa shape index (κ3) is 4.05. The number of hydrogen-bond acceptors (Lipinski definition) is 4. The molecule has 1 atom stereocenters. The molecule has 2 aromatic heterocycles. The normalized spacial score (nSPS) is 18.4. The number of halogens is 1. The first-order valence-electron chi connectivity index (χ1n) is 12.1. The van der Waals surface area contributed by atoms with Crippen LogP contribution in [0.4, 0.5) is 4.39 Å².